The number of urea groups is 1. The molecule has 0 spiro atoms. The Morgan fingerprint density at radius 1 is 1.12 bits per heavy atom. The van der Waals surface area contributed by atoms with E-state index in [0.29, 0.717) is 36.8 Å². The minimum atomic E-state index is -0.161. The fourth-order valence-electron chi connectivity index (χ4n) is 2.74. The van der Waals surface area contributed by atoms with E-state index in [9.17, 15) is 9.59 Å². The van der Waals surface area contributed by atoms with Crippen LogP contribution in [0.3, 0.4) is 0 Å². The highest BCUT2D eigenvalue weighted by atomic mass is 16.2. The van der Waals surface area contributed by atoms with Crippen molar-refractivity contribution in [2.45, 2.75) is 57.3 Å². The van der Waals surface area contributed by atoms with Crippen molar-refractivity contribution in [3.8, 4) is 0 Å². The van der Waals surface area contributed by atoms with Gasteiger partial charge in [0.05, 0.1) is 0 Å². The van der Waals surface area contributed by atoms with E-state index in [1.165, 1.54) is 12.8 Å². The number of hydrogen-bond acceptors (Lipinski definition) is 3. The maximum Gasteiger partial charge on any atom is 0.315 e. The topological polar surface area (TPSA) is 73.5 Å². The molecular formula is C19H28N4O2. The first-order valence-corrected chi connectivity index (χ1v) is 9.16. The number of hydrogen-bond donors (Lipinski definition) is 3. The van der Waals surface area contributed by atoms with E-state index in [-0.39, 0.29) is 11.9 Å². The van der Waals surface area contributed by atoms with Gasteiger partial charge in [0.1, 0.15) is 0 Å². The highest BCUT2D eigenvalue weighted by molar-refractivity contribution is 5.94. The monoisotopic (exact) mass is 344 g/mol. The van der Waals surface area contributed by atoms with E-state index in [1.807, 2.05) is 12.1 Å². The summed E-state index contributed by atoms with van der Waals surface area (Å²) in [4.78, 5) is 26.2. The first kappa shape index (κ1) is 17.7. The number of benzene rings is 1. The van der Waals surface area contributed by atoms with Gasteiger partial charge in [-0.25, -0.2) is 4.79 Å². The predicted molar refractivity (Wildman–Crippen MR) is 97.4 cm³/mol. The lowest BCUT2D eigenvalue weighted by Gasteiger charge is -2.24. The molecule has 3 rings (SSSR count). The zero-order valence-corrected chi connectivity index (χ0v) is 15.0. The summed E-state index contributed by atoms with van der Waals surface area (Å²) in [6, 6.07) is 8.60. The summed E-state index contributed by atoms with van der Waals surface area (Å²) in [5.74, 6) is -0.0199. The maximum absolute atomic E-state index is 11.9. The van der Waals surface area contributed by atoms with Gasteiger partial charge in [0.15, 0.2) is 0 Å². The van der Waals surface area contributed by atoms with E-state index in [0.717, 1.165) is 18.4 Å². The van der Waals surface area contributed by atoms with Crippen LogP contribution in [0.15, 0.2) is 24.3 Å². The Hall–Kier alpha value is -2.08. The van der Waals surface area contributed by atoms with Crippen LogP contribution in [-0.4, -0.2) is 48.6 Å². The number of nitrogens with one attached hydrogen (secondary N) is 3. The molecule has 3 N–H and O–H groups in total. The molecular weight excluding hydrogens is 316 g/mol. The van der Waals surface area contributed by atoms with Crippen LogP contribution >= 0.6 is 0 Å². The number of carbonyl (C=O) groups is 2. The summed E-state index contributed by atoms with van der Waals surface area (Å²) in [6.45, 7) is 3.21. The summed E-state index contributed by atoms with van der Waals surface area (Å²) in [7, 11) is 2.11. The zero-order valence-electron chi connectivity index (χ0n) is 15.0. The number of amides is 3. The second kappa shape index (κ2) is 7.87. The zero-order chi connectivity index (χ0) is 17.8. The summed E-state index contributed by atoms with van der Waals surface area (Å²) in [6.07, 6.45) is 4.69. The van der Waals surface area contributed by atoms with Gasteiger partial charge in [-0.2, -0.15) is 0 Å². The molecule has 2 saturated carbocycles. The highest BCUT2D eigenvalue weighted by Crippen LogP contribution is 2.26. The van der Waals surface area contributed by atoms with Crippen molar-refractivity contribution in [2.75, 3.05) is 13.6 Å². The molecule has 1 aromatic carbocycles. The molecule has 0 heterocycles. The van der Waals surface area contributed by atoms with E-state index in [4.69, 9.17) is 0 Å². The molecule has 0 aromatic heterocycles. The van der Waals surface area contributed by atoms with Gasteiger partial charge in [0.2, 0.25) is 0 Å². The van der Waals surface area contributed by atoms with Crippen LogP contribution in [0.2, 0.25) is 0 Å². The summed E-state index contributed by atoms with van der Waals surface area (Å²) in [5.41, 5.74) is 1.64. The average molecular weight is 344 g/mol. The quantitative estimate of drug-likeness (QED) is 0.674. The molecule has 1 aromatic rings. The molecule has 2 aliphatic carbocycles. The van der Waals surface area contributed by atoms with Gasteiger partial charge >= 0.3 is 6.03 Å². The molecule has 0 aliphatic heterocycles. The van der Waals surface area contributed by atoms with Gasteiger partial charge in [-0.15, -0.1) is 0 Å². The molecule has 3 amide bonds. The molecule has 2 fully saturated rings. The molecule has 6 heteroatoms. The number of rotatable bonds is 8. The van der Waals surface area contributed by atoms with Crippen LogP contribution in [0.5, 0.6) is 0 Å². The van der Waals surface area contributed by atoms with Crippen LogP contribution in [0.4, 0.5) is 4.79 Å². The molecule has 0 bridgehead atoms. The van der Waals surface area contributed by atoms with Crippen LogP contribution in [0.25, 0.3) is 0 Å². The van der Waals surface area contributed by atoms with E-state index in [2.05, 4.69) is 34.8 Å². The van der Waals surface area contributed by atoms with E-state index in [1.54, 1.807) is 12.1 Å². The number of carbonyl (C=O) groups excluding carboxylic acids is 2. The smallest absolute Gasteiger partial charge is 0.315 e. The largest absolute Gasteiger partial charge is 0.349 e. The summed E-state index contributed by atoms with van der Waals surface area (Å²) >= 11 is 0. The summed E-state index contributed by atoms with van der Waals surface area (Å²) in [5, 5.41) is 8.74. The first-order valence-electron chi connectivity index (χ1n) is 9.16. The molecule has 6 nitrogen and oxygen atoms in total. The Morgan fingerprint density at radius 2 is 1.80 bits per heavy atom. The van der Waals surface area contributed by atoms with Crippen LogP contribution in [0.1, 0.15) is 48.5 Å². The van der Waals surface area contributed by atoms with Crippen molar-refractivity contribution < 1.29 is 9.59 Å². The Morgan fingerprint density at radius 3 is 2.40 bits per heavy atom. The number of nitrogens with zero attached hydrogens (tertiary/aromatic N) is 1. The van der Waals surface area contributed by atoms with Crippen molar-refractivity contribution in [3.05, 3.63) is 35.4 Å². The minimum absolute atomic E-state index is 0.0199. The molecule has 0 radical (unpaired) electrons. The molecule has 2 aliphatic rings. The van der Waals surface area contributed by atoms with Crippen molar-refractivity contribution in [2.24, 2.45) is 0 Å². The van der Waals surface area contributed by atoms with Crippen molar-refractivity contribution in [1.82, 2.24) is 20.9 Å². The fraction of sp³-hybridized carbons (Fsp3) is 0.579. The highest BCUT2D eigenvalue weighted by Gasteiger charge is 2.29. The van der Waals surface area contributed by atoms with Gasteiger partial charge in [0.25, 0.3) is 5.91 Å². The third-order valence-electron chi connectivity index (χ3n) is 4.96. The van der Waals surface area contributed by atoms with Crippen molar-refractivity contribution >= 4 is 11.9 Å². The molecule has 25 heavy (non-hydrogen) atoms. The Balaban J connectivity index is 1.37. The molecule has 1 atom stereocenters. The van der Waals surface area contributed by atoms with Crippen LogP contribution < -0.4 is 16.0 Å². The average Bonchev–Trinajstić information content (AvgIpc) is 3.51. The van der Waals surface area contributed by atoms with E-state index >= 15 is 0 Å². The Labute approximate surface area is 149 Å². The second-order valence-corrected chi connectivity index (χ2v) is 7.25. The molecule has 0 unspecified atom stereocenters. The second-order valence-electron chi connectivity index (χ2n) is 7.25. The maximum atomic E-state index is 11.9. The minimum Gasteiger partial charge on any atom is -0.349 e. The number of likely N-dealkylation sites (N-methyl/N-ethyl adjacent to an activating group) is 1. The lowest BCUT2D eigenvalue weighted by molar-refractivity contribution is 0.0951. The Kier molecular flexibility index (Phi) is 5.58. The van der Waals surface area contributed by atoms with Crippen molar-refractivity contribution in [3.63, 3.8) is 0 Å². The van der Waals surface area contributed by atoms with E-state index < -0.39 is 0 Å². The van der Waals surface area contributed by atoms with Crippen LogP contribution in [0, 0.1) is 0 Å². The molecule has 0 saturated heterocycles. The summed E-state index contributed by atoms with van der Waals surface area (Å²) < 4.78 is 0. The van der Waals surface area contributed by atoms with Crippen LogP contribution in [-0.2, 0) is 6.54 Å². The van der Waals surface area contributed by atoms with Gasteiger partial charge < -0.3 is 16.0 Å². The lowest BCUT2D eigenvalue weighted by Crippen LogP contribution is -2.44. The SMILES string of the molecule is C[C@@H](CNC(=O)NCc1ccc(C(=O)NC2CC2)cc1)N(C)C1CC1. The lowest BCUT2D eigenvalue weighted by atomic mass is 10.1. The molecule has 136 valence electrons. The van der Waals surface area contributed by atoms with Gasteiger partial charge in [-0.3, -0.25) is 9.69 Å². The standard InChI is InChI=1S/C19H28N4O2/c1-13(23(2)17-9-10-17)11-20-19(25)21-12-14-3-5-15(6-4-14)18(24)22-16-7-8-16/h3-6,13,16-17H,7-12H2,1-2H3,(H,22,24)(H2,20,21,25)/t13-/m0/s1. The first-order chi connectivity index (χ1) is 12.0. The van der Waals surface area contributed by atoms with Gasteiger partial charge in [0, 0.05) is 36.8 Å². The third-order valence-corrected chi connectivity index (χ3v) is 4.96. The van der Waals surface area contributed by atoms with Crippen molar-refractivity contribution in [1.29, 1.82) is 0 Å². The van der Waals surface area contributed by atoms with Gasteiger partial charge in [-0.1, -0.05) is 12.1 Å². The van der Waals surface area contributed by atoms with Gasteiger partial charge in [-0.05, 0) is 57.4 Å². The Bertz CT molecular complexity index is 608. The normalized spacial score (nSPS) is 17.9. The fourth-order valence-corrected chi connectivity index (χ4v) is 2.74. The predicted octanol–water partition coefficient (Wildman–Crippen LogP) is 1.86. The third kappa shape index (κ3) is 5.46.